The van der Waals surface area contributed by atoms with E-state index < -0.39 is 0 Å². The van der Waals surface area contributed by atoms with Crippen molar-refractivity contribution < 1.29 is 14.6 Å². The van der Waals surface area contributed by atoms with E-state index in [4.69, 9.17) is 9.47 Å². The summed E-state index contributed by atoms with van der Waals surface area (Å²) in [5, 5.41) is 10.8. The lowest BCUT2D eigenvalue weighted by atomic mass is 9.62. The van der Waals surface area contributed by atoms with Gasteiger partial charge in [-0.1, -0.05) is 19.8 Å². The Labute approximate surface area is 152 Å². The fourth-order valence-corrected chi connectivity index (χ4v) is 4.90. The minimum absolute atomic E-state index is 0.113. The van der Waals surface area contributed by atoms with Crippen LogP contribution in [0, 0.1) is 5.92 Å². The second-order valence-electron chi connectivity index (χ2n) is 8.80. The molecule has 2 aliphatic rings. The first kappa shape index (κ1) is 18.6. The zero-order valence-corrected chi connectivity index (χ0v) is 16.5. The molecule has 1 fully saturated rings. The van der Waals surface area contributed by atoms with E-state index in [0.29, 0.717) is 17.6 Å². The van der Waals surface area contributed by atoms with Crippen LogP contribution in [0.2, 0.25) is 0 Å². The molecule has 3 heteroatoms. The molecule has 1 aromatic rings. The number of aromatic hydroxyl groups is 1. The minimum atomic E-state index is -0.207. The number of hydrogen-bond donors (Lipinski definition) is 1. The number of phenols is 1. The Morgan fingerprint density at radius 2 is 2.00 bits per heavy atom. The number of fused-ring (bicyclic) bond motifs is 3. The number of benzene rings is 1. The Morgan fingerprint density at radius 1 is 1.24 bits per heavy atom. The van der Waals surface area contributed by atoms with Crippen molar-refractivity contribution in [1.29, 1.82) is 0 Å². The van der Waals surface area contributed by atoms with Gasteiger partial charge in [0.2, 0.25) is 0 Å². The largest absolute Gasteiger partial charge is 0.508 e. The predicted octanol–water partition coefficient (Wildman–Crippen LogP) is 5.58. The summed E-state index contributed by atoms with van der Waals surface area (Å²) < 4.78 is 12.2. The molecule has 0 radical (unpaired) electrons. The van der Waals surface area contributed by atoms with Crippen molar-refractivity contribution in [1.82, 2.24) is 0 Å². The van der Waals surface area contributed by atoms with Crippen molar-refractivity contribution >= 4 is 0 Å². The van der Waals surface area contributed by atoms with Crippen molar-refractivity contribution in [2.75, 3.05) is 7.11 Å². The normalized spacial score (nSPS) is 30.3. The molecule has 1 aliphatic heterocycles. The second-order valence-corrected chi connectivity index (χ2v) is 8.80. The van der Waals surface area contributed by atoms with Gasteiger partial charge in [0.1, 0.15) is 17.1 Å². The summed E-state index contributed by atoms with van der Waals surface area (Å²) in [6.45, 7) is 8.81. The molecule has 3 atom stereocenters. The summed E-state index contributed by atoms with van der Waals surface area (Å²) in [6.07, 6.45) is 7.65. The summed E-state index contributed by atoms with van der Waals surface area (Å²) >= 11 is 0. The van der Waals surface area contributed by atoms with Gasteiger partial charge in [0.25, 0.3) is 0 Å². The van der Waals surface area contributed by atoms with Crippen LogP contribution in [-0.2, 0) is 11.2 Å². The maximum Gasteiger partial charge on any atom is 0.127 e. The van der Waals surface area contributed by atoms with Gasteiger partial charge in [-0.15, -0.1) is 0 Å². The van der Waals surface area contributed by atoms with Crippen molar-refractivity contribution in [3.05, 3.63) is 23.3 Å². The van der Waals surface area contributed by atoms with Crippen LogP contribution in [0.5, 0.6) is 11.5 Å². The monoisotopic (exact) mass is 346 g/mol. The Balaban J connectivity index is 1.96. The molecule has 1 saturated carbocycles. The second kappa shape index (κ2) is 6.83. The zero-order valence-electron chi connectivity index (χ0n) is 16.5. The highest BCUT2D eigenvalue weighted by molar-refractivity contribution is 5.52. The number of unbranched alkanes of at least 4 members (excludes halogenated alkanes) is 2. The van der Waals surface area contributed by atoms with E-state index in [1.54, 1.807) is 0 Å². The van der Waals surface area contributed by atoms with Crippen LogP contribution in [0.15, 0.2) is 12.1 Å². The van der Waals surface area contributed by atoms with Gasteiger partial charge >= 0.3 is 0 Å². The van der Waals surface area contributed by atoms with E-state index in [-0.39, 0.29) is 11.2 Å². The molecule has 1 unspecified atom stereocenters. The molecule has 140 valence electrons. The van der Waals surface area contributed by atoms with Gasteiger partial charge in [0.15, 0.2) is 0 Å². The lowest BCUT2D eigenvalue weighted by molar-refractivity contribution is -0.0844. The Morgan fingerprint density at radius 3 is 2.68 bits per heavy atom. The highest BCUT2D eigenvalue weighted by atomic mass is 16.5. The highest BCUT2D eigenvalue weighted by Crippen LogP contribution is 2.56. The molecule has 1 N–H and O–H groups in total. The van der Waals surface area contributed by atoms with Gasteiger partial charge in [-0.2, -0.15) is 0 Å². The molecule has 0 bridgehead atoms. The standard InChI is InChI=1S/C22H34O3/c1-6-7-8-9-15-12-18(23)20-16-14-22(4,24-5)11-10-17(16)21(2,3)25-19(20)13-15/h12-13,16-17,23H,6-11,14H2,1-5H3/t16-,17-,22?/m1/s1. The molecule has 0 aromatic heterocycles. The molecular weight excluding hydrogens is 312 g/mol. The zero-order chi connectivity index (χ0) is 18.2. The SMILES string of the molecule is CCCCCc1cc(O)c2c(c1)OC(C)(C)[C@@H]1CCC(C)(OC)C[C@@H]21. The first-order valence-corrected chi connectivity index (χ1v) is 9.89. The average molecular weight is 347 g/mol. The van der Waals surface area contributed by atoms with Crippen LogP contribution in [0.4, 0.5) is 0 Å². The van der Waals surface area contributed by atoms with Crippen molar-refractivity contribution in [3.8, 4) is 11.5 Å². The van der Waals surface area contributed by atoms with E-state index in [2.05, 4.69) is 33.8 Å². The first-order valence-electron chi connectivity index (χ1n) is 9.89. The Hall–Kier alpha value is -1.22. The van der Waals surface area contributed by atoms with Gasteiger partial charge in [0, 0.05) is 24.5 Å². The Kier molecular flexibility index (Phi) is 5.07. The molecule has 0 saturated heterocycles. The van der Waals surface area contributed by atoms with Crippen molar-refractivity contribution in [2.24, 2.45) is 5.92 Å². The minimum Gasteiger partial charge on any atom is -0.508 e. The van der Waals surface area contributed by atoms with E-state index >= 15 is 0 Å². The molecule has 0 spiro atoms. The summed E-state index contributed by atoms with van der Waals surface area (Å²) in [7, 11) is 1.81. The number of ether oxygens (including phenoxy) is 2. The predicted molar refractivity (Wildman–Crippen MR) is 102 cm³/mol. The molecule has 1 heterocycles. The number of phenolic OH excluding ortho intramolecular Hbond substituents is 1. The number of methoxy groups -OCH3 is 1. The molecule has 1 aliphatic carbocycles. The molecule has 1 aromatic carbocycles. The van der Waals surface area contributed by atoms with Gasteiger partial charge < -0.3 is 14.6 Å². The van der Waals surface area contributed by atoms with Crippen molar-refractivity contribution in [3.63, 3.8) is 0 Å². The maximum atomic E-state index is 10.8. The molecule has 3 rings (SSSR count). The lowest BCUT2D eigenvalue weighted by Gasteiger charge is -2.51. The van der Waals surface area contributed by atoms with Crippen LogP contribution in [0.1, 0.15) is 83.3 Å². The fraction of sp³-hybridized carbons (Fsp3) is 0.727. The smallest absolute Gasteiger partial charge is 0.127 e. The van der Waals surface area contributed by atoms with Crippen LogP contribution in [0.3, 0.4) is 0 Å². The molecule has 25 heavy (non-hydrogen) atoms. The van der Waals surface area contributed by atoms with Crippen LogP contribution in [-0.4, -0.2) is 23.4 Å². The summed E-state index contributed by atoms with van der Waals surface area (Å²) in [5.74, 6) is 2.01. The maximum absolute atomic E-state index is 10.8. The van der Waals surface area contributed by atoms with E-state index in [1.165, 1.54) is 18.4 Å². The molecular formula is C22H34O3. The van der Waals surface area contributed by atoms with E-state index in [1.807, 2.05) is 13.2 Å². The fourth-order valence-electron chi connectivity index (χ4n) is 4.90. The van der Waals surface area contributed by atoms with E-state index in [9.17, 15) is 5.11 Å². The Bertz CT molecular complexity index is 622. The van der Waals surface area contributed by atoms with Crippen LogP contribution < -0.4 is 4.74 Å². The number of rotatable bonds is 5. The highest BCUT2D eigenvalue weighted by Gasteiger charge is 2.50. The third-order valence-electron chi connectivity index (χ3n) is 6.50. The lowest BCUT2D eigenvalue weighted by Crippen LogP contribution is -2.50. The average Bonchev–Trinajstić information content (AvgIpc) is 2.53. The number of hydrogen-bond acceptors (Lipinski definition) is 3. The molecule has 3 nitrogen and oxygen atoms in total. The summed E-state index contributed by atoms with van der Waals surface area (Å²) in [4.78, 5) is 0. The summed E-state index contributed by atoms with van der Waals surface area (Å²) in [5.41, 5.74) is 1.87. The quantitative estimate of drug-likeness (QED) is 0.707. The van der Waals surface area contributed by atoms with Crippen LogP contribution >= 0.6 is 0 Å². The first-order chi connectivity index (χ1) is 11.8. The topological polar surface area (TPSA) is 38.7 Å². The van der Waals surface area contributed by atoms with Gasteiger partial charge in [0.05, 0.1) is 5.60 Å². The van der Waals surface area contributed by atoms with Gasteiger partial charge in [-0.25, -0.2) is 0 Å². The van der Waals surface area contributed by atoms with E-state index in [0.717, 1.165) is 43.4 Å². The third kappa shape index (κ3) is 3.53. The third-order valence-corrected chi connectivity index (χ3v) is 6.50. The van der Waals surface area contributed by atoms with Crippen LogP contribution in [0.25, 0.3) is 0 Å². The van der Waals surface area contributed by atoms with Gasteiger partial charge in [-0.3, -0.25) is 0 Å². The van der Waals surface area contributed by atoms with Gasteiger partial charge in [-0.05, 0) is 70.6 Å². The molecule has 0 amide bonds. The number of aryl methyl sites for hydroxylation is 1. The van der Waals surface area contributed by atoms with Crippen molar-refractivity contribution in [2.45, 2.75) is 89.8 Å². The summed E-state index contributed by atoms with van der Waals surface area (Å²) in [6, 6.07) is 4.13.